The van der Waals surface area contributed by atoms with Crippen molar-refractivity contribution in [3.05, 3.63) is 64.0 Å². The SMILES string of the molecule is CC(=O)c1ccc(NC(=O)c2c(C)nc3ccc(Br)cn23)cc1. The van der Waals surface area contributed by atoms with Gasteiger partial charge in [-0.3, -0.25) is 14.0 Å². The third-order valence-electron chi connectivity index (χ3n) is 3.52. The van der Waals surface area contributed by atoms with Gasteiger partial charge in [0.2, 0.25) is 0 Å². The topological polar surface area (TPSA) is 63.5 Å². The van der Waals surface area contributed by atoms with Gasteiger partial charge in [0.05, 0.1) is 5.69 Å². The molecule has 0 bridgehead atoms. The first-order valence-electron chi connectivity index (χ1n) is 7.02. The third kappa shape index (κ3) is 3.03. The van der Waals surface area contributed by atoms with Crippen molar-refractivity contribution in [2.24, 2.45) is 0 Å². The number of imidazole rings is 1. The zero-order valence-electron chi connectivity index (χ0n) is 12.6. The minimum atomic E-state index is -0.247. The number of hydrogen-bond donors (Lipinski definition) is 1. The van der Waals surface area contributed by atoms with Gasteiger partial charge in [-0.05, 0) is 66.2 Å². The lowest BCUT2D eigenvalue weighted by Gasteiger charge is -2.07. The van der Waals surface area contributed by atoms with E-state index in [1.165, 1.54) is 6.92 Å². The molecule has 0 saturated carbocycles. The lowest BCUT2D eigenvalue weighted by molar-refractivity contribution is 0.101. The lowest BCUT2D eigenvalue weighted by Crippen LogP contribution is -2.15. The average Bonchev–Trinajstić information content (AvgIpc) is 2.83. The second-order valence-electron chi connectivity index (χ2n) is 5.21. The van der Waals surface area contributed by atoms with Gasteiger partial charge in [-0.2, -0.15) is 0 Å². The van der Waals surface area contributed by atoms with Crippen molar-refractivity contribution in [1.82, 2.24) is 9.38 Å². The fourth-order valence-corrected chi connectivity index (χ4v) is 2.73. The van der Waals surface area contributed by atoms with Crippen molar-refractivity contribution in [1.29, 1.82) is 0 Å². The van der Waals surface area contributed by atoms with E-state index in [9.17, 15) is 9.59 Å². The molecular formula is C17H14BrN3O2. The number of carbonyl (C=O) groups is 2. The molecule has 0 saturated heterocycles. The first-order chi connectivity index (χ1) is 11.0. The van der Waals surface area contributed by atoms with Crippen LogP contribution in [-0.2, 0) is 0 Å². The third-order valence-corrected chi connectivity index (χ3v) is 3.99. The molecule has 0 aliphatic rings. The standard InChI is InChI=1S/C17H14BrN3O2/c1-10-16(21-9-13(18)5-8-15(21)19-10)17(23)20-14-6-3-12(4-7-14)11(2)22/h3-9H,1-2H3,(H,20,23). The summed E-state index contributed by atoms with van der Waals surface area (Å²) in [5.74, 6) is -0.256. The van der Waals surface area contributed by atoms with Crippen LogP contribution in [0.1, 0.15) is 33.5 Å². The van der Waals surface area contributed by atoms with Crippen molar-refractivity contribution in [3.8, 4) is 0 Å². The number of carbonyl (C=O) groups excluding carboxylic acids is 2. The van der Waals surface area contributed by atoms with Crippen molar-refractivity contribution >= 4 is 39.0 Å². The molecule has 0 spiro atoms. The number of hydrogen-bond acceptors (Lipinski definition) is 3. The number of aryl methyl sites for hydroxylation is 1. The van der Waals surface area contributed by atoms with Crippen molar-refractivity contribution in [2.45, 2.75) is 13.8 Å². The first kappa shape index (κ1) is 15.4. The summed E-state index contributed by atoms with van der Waals surface area (Å²) in [6.45, 7) is 3.31. The number of nitrogens with zero attached hydrogens (tertiary/aromatic N) is 2. The van der Waals surface area contributed by atoms with Gasteiger partial charge < -0.3 is 5.32 Å². The Kier molecular flexibility index (Phi) is 4.00. The molecular weight excluding hydrogens is 358 g/mol. The maximum absolute atomic E-state index is 12.6. The van der Waals surface area contributed by atoms with E-state index in [4.69, 9.17) is 0 Å². The molecule has 1 N–H and O–H groups in total. The molecule has 3 aromatic rings. The molecule has 2 heterocycles. The number of ketones is 1. The number of pyridine rings is 1. The summed E-state index contributed by atoms with van der Waals surface area (Å²) in [6, 6.07) is 10.5. The van der Waals surface area contributed by atoms with Crippen LogP contribution in [0.15, 0.2) is 47.1 Å². The van der Waals surface area contributed by atoms with Gasteiger partial charge in [0.25, 0.3) is 5.91 Å². The molecule has 2 aromatic heterocycles. The number of anilines is 1. The minimum Gasteiger partial charge on any atom is -0.321 e. The van der Waals surface area contributed by atoms with E-state index in [0.717, 1.165) is 4.47 Å². The highest BCUT2D eigenvalue weighted by Crippen LogP contribution is 2.18. The maximum atomic E-state index is 12.6. The highest BCUT2D eigenvalue weighted by molar-refractivity contribution is 9.10. The number of halogens is 1. The second-order valence-corrected chi connectivity index (χ2v) is 6.12. The fourth-order valence-electron chi connectivity index (χ4n) is 2.39. The van der Waals surface area contributed by atoms with Gasteiger partial charge in [-0.15, -0.1) is 0 Å². The van der Waals surface area contributed by atoms with Crippen molar-refractivity contribution in [3.63, 3.8) is 0 Å². The Labute approximate surface area is 141 Å². The highest BCUT2D eigenvalue weighted by atomic mass is 79.9. The van der Waals surface area contributed by atoms with Gasteiger partial charge in [0.15, 0.2) is 5.78 Å². The minimum absolute atomic E-state index is 0.00893. The van der Waals surface area contributed by atoms with Gasteiger partial charge >= 0.3 is 0 Å². The summed E-state index contributed by atoms with van der Waals surface area (Å²) in [4.78, 5) is 28.3. The van der Waals surface area contributed by atoms with E-state index >= 15 is 0 Å². The monoisotopic (exact) mass is 371 g/mol. The lowest BCUT2D eigenvalue weighted by atomic mass is 10.1. The molecule has 23 heavy (non-hydrogen) atoms. The molecule has 0 radical (unpaired) electrons. The normalized spacial score (nSPS) is 10.7. The predicted octanol–water partition coefficient (Wildman–Crippen LogP) is 3.86. The van der Waals surface area contributed by atoms with Gasteiger partial charge in [-0.1, -0.05) is 0 Å². The average molecular weight is 372 g/mol. The fraction of sp³-hybridized carbons (Fsp3) is 0.118. The molecule has 0 unspecified atom stereocenters. The Balaban J connectivity index is 1.93. The van der Waals surface area contributed by atoms with Gasteiger partial charge in [0.1, 0.15) is 11.3 Å². The Morgan fingerprint density at radius 2 is 1.83 bits per heavy atom. The molecule has 3 rings (SSSR count). The zero-order chi connectivity index (χ0) is 16.6. The molecule has 5 nitrogen and oxygen atoms in total. The number of amides is 1. The smallest absolute Gasteiger partial charge is 0.274 e. The van der Waals surface area contributed by atoms with Crippen LogP contribution in [0.25, 0.3) is 5.65 Å². The number of rotatable bonds is 3. The largest absolute Gasteiger partial charge is 0.321 e. The van der Waals surface area contributed by atoms with Crippen LogP contribution in [-0.4, -0.2) is 21.1 Å². The number of nitrogens with one attached hydrogen (secondary N) is 1. The molecule has 6 heteroatoms. The summed E-state index contributed by atoms with van der Waals surface area (Å²) in [7, 11) is 0. The Morgan fingerprint density at radius 1 is 1.13 bits per heavy atom. The van der Waals surface area contributed by atoms with E-state index in [1.807, 2.05) is 18.3 Å². The quantitative estimate of drug-likeness (QED) is 0.711. The summed E-state index contributed by atoms with van der Waals surface area (Å²) in [5.41, 5.74) is 3.09. The van der Waals surface area contributed by atoms with E-state index in [-0.39, 0.29) is 11.7 Å². The van der Waals surface area contributed by atoms with Crippen LogP contribution >= 0.6 is 15.9 Å². The van der Waals surface area contributed by atoms with Crippen LogP contribution in [0.3, 0.4) is 0 Å². The van der Waals surface area contributed by atoms with Crippen LogP contribution in [0.4, 0.5) is 5.69 Å². The zero-order valence-corrected chi connectivity index (χ0v) is 14.2. The van der Waals surface area contributed by atoms with Crippen LogP contribution in [0.2, 0.25) is 0 Å². The van der Waals surface area contributed by atoms with E-state index < -0.39 is 0 Å². The van der Waals surface area contributed by atoms with Gasteiger partial charge in [0, 0.05) is 21.9 Å². The second kappa shape index (κ2) is 5.96. The number of aromatic nitrogens is 2. The van der Waals surface area contributed by atoms with Crippen molar-refractivity contribution in [2.75, 3.05) is 5.32 Å². The van der Waals surface area contributed by atoms with Gasteiger partial charge in [-0.25, -0.2) is 4.98 Å². The summed E-state index contributed by atoms with van der Waals surface area (Å²) < 4.78 is 2.61. The number of benzene rings is 1. The Hall–Kier alpha value is -2.47. The maximum Gasteiger partial charge on any atom is 0.274 e. The first-order valence-corrected chi connectivity index (χ1v) is 7.81. The molecule has 0 atom stereocenters. The van der Waals surface area contributed by atoms with E-state index in [1.54, 1.807) is 35.6 Å². The summed E-state index contributed by atoms with van der Waals surface area (Å²) >= 11 is 3.40. The Morgan fingerprint density at radius 3 is 2.48 bits per heavy atom. The molecule has 116 valence electrons. The van der Waals surface area contributed by atoms with Crippen LogP contribution < -0.4 is 5.32 Å². The summed E-state index contributed by atoms with van der Waals surface area (Å²) in [5, 5.41) is 2.84. The Bertz CT molecular complexity index is 913. The molecule has 0 aliphatic carbocycles. The molecule has 0 aliphatic heterocycles. The number of fused-ring (bicyclic) bond motifs is 1. The molecule has 1 aromatic carbocycles. The van der Waals surface area contributed by atoms with E-state index in [0.29, 0.717) is 28.3 Å². The van der Waals surface area contributed by atoms with Crippen LogP contribution in [0, 0.1) is 6.92 Å². The summed E-state index contributed by atoms with van der Waals surface area (Å²) in [6.07, 6.45) is 1.81. The molecule has 0 fully saturated rings. The van der Waals surface area contributed by atoms with E-state index in [2.05, 4.69) is 26.2 Å². The predicted molar refractivity (Wildman–Crippen MR) is 92.0 cm³/mol. The number of Topliss-reactive ketones (excluding diaryl/α,β-unsaturated/α-hetero) is 1. The van der Waals surface area contributed by atoms with Crippen molar-refractivity contribution < 1.29 is 9.59 Å². The highest BCUT2D eigenvalue weighted by Gasteiger charge is 2.17. The van der Waals surface area contributed by atoms with Crippen LogP contribution in [0.5, 0.6) is 0 Å². The molecule has 1 amide bonds.